The van der Waals surface area contributed by atoms with Crippen LogP contribution in [0.5, 0.6) is 5.75 Å². The maximum atomic E-state index is 13.4. The number of benzene rings is 1. The molecular formula is C19H22ClF4N5O4. The highest BCUT2D eigenvalue weighted by Crippen LogP contribution is 2.25. The zero-order chi connectivity index (χ0) is 24.0. The van der Waals surface area contributed by atoms with E-state index in [1.165, 1.54) is 24.1 Å². The summed E-state index contributed by atoms with van der Waals surface area (Å²) in [6, 6.07) is 3.55. The lowest BCUT2D eigenvalue weighted by molar-refractivity contribution is -0.323. The SMILES string of the molecule is CN(CCOC(F)(F)F)c1nnc([C@H]2CC[C@H](NC(=O)COc3ccc(Cl)c(F)c3)CN2)o1. The van der Waals surface area contributed by atoms with Crippen molar-refractivity contribution in [2.45, 2.75) is 31.3 Å². The van der Waals surface area contributed by atoms with Crippen molar-refractivity contribution in [3.63, 3.8) is 0 Å². The predicted octanol–water partition coefficient (Wildman–Crippen LogP) is 2.82. The molecule has 0 aliphatic carbocycles. The first-order chi connectivity index (χ1) is 15.6. The monoisotopic (exact) mass is 495 g/mol. The fraction of sp³-hybridized carbons (Fsp3) is 0.526. The van der Waals surface area contributed by atoms with Gasteiger partial charge in [0.1, 0.15) is 11.6 Å². The summed E-state index contributed by atoms with van der Waals surface area (Å²) in [5.74, 6) is -0.511. The van der Waals surface area contributed by atoms with Gasteiger partial charge in [-0.2, -0.15) is 0 Å². The lowest BCUT2D eigenvalue weighted by atomic mass is 10.0. The van der Waals surface area contributed by atoms with Gasteiger partial charge in [-0.05, 0) is 25.0 Å². The molecule has 0 saturated carbocycles. The number of nitrogens with one attached hydrogen (secondary N) is 2. The van der Waals surface area contributed by atoms with E-state index < -0.39 is 18.8 Å². The Hall–Kier alpha value is -2.64. The van der Waals surface area contributed by atoms with Crippen LogP contribution in [0.2, 0.25) is 5.02 Å². The molecule has 1 aromatic carbocycles. The third-order valence-electron chi connectivity index (χ3n) is 4.79. The van der Waals surface area contributed by atoms with Crippen LogP contribution in [0.4, 0.5) is 23.6 Å². The lowest BCUT2D eigenvalue weighted by Gasteiger charge is -2.28. The quantitative estimate of drug-likeness (QED) is 0.512. The Kier molecular flexibility index (Phi) is 8.32. The van der Waals surface area contributed by atoms with Crippen LogP contribution in [-0.4, -0.2) is 61.9 Å². The number of aromatic nitrogens is 2. The van der Waals surface area contributed by atoms with Gasteiger partial charge >= 0.3 is 12.4 Å². The van der Waals surface area contributed by atoms with E-state index >= 15 is 0 Å². The average molecular weight is 496 g/mol. The maximum absolute atomic E-state index is 13.4. The minimum absolute atomic E-state index is 0.0369. The first-order valence-electron chi connectivity index (χ1n) is 9.96. The summed E-state index contributed by atoms with van der Waals surface area (Å²) in [5, 5.41) is 13.8. The molecule has 9 nitrogen and oxygen atoms in total. The first-order valence-corrected chi connectivity index (χ1v) is 10.3. The number of alkyl halides is 3. The molecule has 3 rings (SSSR count). The van der Waals surface area contributed by atoms with Crippen molar-refractivity contribution < 1.29 is 36.2 Å². The smallest absolute Gasteiger partial charge is 0.484 e. The number of ether oxygens (including phenoxy) is 2. The number of rotatable bonds is 9. The molecule has 33 heavy (non-hydrogen) atoms. The number of likely N-dealkylation sites (N-methyl/N-ethyl adjacent to an activating group) is 1. The number of carbonyl (C=O) groups excluding carboxylic acids is 1. The van der Waals surface area contributed by atoms with Gasteiger partial charge in [-0.25, -0.2) is 4.39 Å². The molecule has 1 amide bonds. The number of anilines is 1. The Morgan fingerprint density at radius 1 is 1.36 bits per heavy atom. The van der Waals surface area contributed by atoms with Crippen LogP contribution in [0.25, 0.3) is 0 Å². The number of amides is 1. The number of hydrogen-bond donors (Lipinski definition) is 2. The third kappa shape index (κ3) is 7.72. The van der Waals surface area contributed by atoms with E-state index in [9.17, 15) is 22.4 Å². The molecule has 14 heteroatoms. The highest BCUT2D eigenvalue weighted by molar-refractivity contribution is 6.30. The molecule has 1 aliphatic rings. The number of hydrogen-bond acceptors (Lipinski definition) is 8. The summed E-state index contributed by atoms with van der Waals surface area (Å²) >= 11 is 5.60. The number of piperidine rings is 1. The molecular weight excluding hydrogens is 474 g/mol. The van der Waals surface area contributed by atoms with Crippen LogP contribution in [0.3, 0.4) is 0 Å². The van der Waals surface area contributed by atoms with Crippen molar-refractivity contribution in [2.24, 2.45) is 0 Å². The van der Waals surface area contributed by atoms with Crippen molar-refractivity contribution in [3.8, 4) is 5.75 Å². The van der Waals surface area contributed by atoms with Gasteiger partial charge in [0.25, 0.3) is 5.91 Å². The Balaban J connectivity index is 1.39. The summed E-state index contributed by atoms with van der Waals surface area (Å²) in [7, 11) is 1.51. The standard InChI is InChI=1S/C19H22ClF4N5O4/c1-29(6-7-32-19(22,23)24)18-28-27-17(33-18)15-5-2-11(9-25-15)26-16(30)10-31-12-3-4-13(20)14(21)8-12/h3-4,8,11,15,25H,2,5-7,9-10H2,1H3,(H,26,30)/t11-,15+/m0/s1. The van der Waals surface area contributed by atoms with Crippen LogP contribution in [0, 0.1) is 5.82 Å². The van der Waals surface area contributed by atoms with Gasteiger partial charge in [-0.1, -0.05) is 16.7 Å². The summed E-state index contributed by atoms with van der Waals surface area (Å²) in [6.07, 6.45) is -3.50. The fourth-order valence-electron chi connectivity index (χ4n) is 3.09. The second kappa shape index (κ2) is 11.0. The Morgan fingerprint density at radius 2 is 2.15 bits per heavy atom. The Labute approximate surface area is 191 Å². The molecule has 0 bridgehead atoms. The first kappa shape index (κ1) is 25.0. The number of nitrogens with zero attached hydrogens (tertiary/aromatic N) is 3. The zero-order valence-corrected chi connectivity index (χ0v) is 18.2. The molecule has 0 unspecified atom stereocenters. The van der Waals surface area contributed by atoms with E-state index in [0.717, 1.165) is 6.07 Å². The van der Waals surface area contributed by atoms with Crippen LogP contribution in [-0.2, 0) is 9.53 Å². The van der Waals surface area contributed by atoms with Crippen molar-refractivity contribution in [3.05, 3.63) is 34.9 Å². The molecule has 2 aromatic rings. The van der Waals surface area contributed by atoms with Crippen molar-refractivity contribution >= 4 is 23.5 Å². The Bertz CT molecular complexity index is 937. The molecule has 2 heterocycles. The highest BCUT2D eigenvalue weighted by Gasteiger charge is 2.30. The van der Waals surface area contributed by atoms with Crippen molar-refractivity contribution in [1.82, 2.24) is 20.8 Å². The van der Waals surface area contributed by atoms with E-state index in [0.29, 0.717) is 25.3 Å². The minimum Gasteiger partial charge on any atom is -0.484 e. The maximum Gasteiger partial charge on any atom is 0.522 e. The predicted molar refractivity (Wildman–Crippen MR) is 108 cm³/mol. The van der Waals surface area contributed by atoms with Crippen LogP contribution in [0.15, 0.2) is 22.6 Å². The molecule has 1 aliphatic heterocycles. The van der Waals surface area contributed by atoms with E-state index in [4.69, 9.17) is 20.8 Å². The Morgan fingerprint density at radius 3 is 2.82 bits per heavy atom. The normalized spacial score (nSPS) is 18.7. The molecule has 2 atom stereocenters. The van der Waals surface area contributed by atoms with Gasteiger partial charge in [0.2, 0.25) is 5.89 Å². The number of halogens is 5. The molecule has 0 spiro atoms. The molecule has 1 fully saturated rings. The summed E-state index contributed by atoms with van der Waals surface area (Å²) in [4.78, 5) is 13.5. The van der Waals surface area contributed by atoms with E-state index in [1.54, 1.807) is 0 Å². The van der Waals surface area contributed by atoms with Crippen molar-refractivity contribution in [2.75, 3.05) is 38.3 Å². The summed E-state index contributed by atoms with van der Waals surface area (Å²) in [6.45, 7) is -0.507. The topological polar surface area (TPSA) is 102 Å². The van der Waals surface area contributed by atoms with Gasteiger partial charge in [-0.3, -0.25) is 9.53 Å². The lowest BCUT2D eigenvalue weighted by Crippen LogP contribution is -2.48. The molecule has 2 N–H and O–H groups in total. The third-order valence-corrected chi connectivity index (χ3v) is 5.09. The second-order valence-electron chi connectivity index (χ2n) is 7.31. The van der Waals surface area contributed by atoms with Crippen molar-refractivity contribution in [1.29, 1.82) is 0 Å². The van der Waals surface area contributed by atoms with Gasteiger partial charge in [0.15, 0.2) is 6.61 Å². The summed E-state index contributed by atoms with van der Waals surface area (Å²) in [5.41, 5.74) is 0. The average Bonchev–Trinajstić information content (AvgIpc) is 3.24. The van der Waals surface area contributed by atoms with Gasteiger partial charge in [0.05, 0.1) is 17.7 Å². The summed E-state index contributed by atoms with van der Waals surface area (Å²) < 4.78 is 64.1. The van der Waals surface area contributed by atoms with Gasteiger partial charge in [-0.15, -0.1) is 18.3 Å². The van der Waals surface area contributed by atoms with Crippen LogP contribution >= 0.6 is 11.6 Å². The van der Waals surface area contributed by atoms with Crippen LogP contribution < -0.4 is 20.3 Å². The van der Waals surface area contributed by atoms with Crippen LogP contribution in [0.1, 0.15) is 24.8 Å². The second-order valence-corrected chi connectivity index (χ2v) is 7.71. The van der Waals surface area contributed by atoms with Gasteiger partial charge in [0, 0.05) is 32.2 Å². The zero-order valence-electron chi connectivity index (χ0n) is 17.5. The van der Waals surface area contributed by atoms with E-state index in [2.05, 4.69) is 25.6 Å². The number of carbonyl (C=O) groups is 1. The molecule has 1 saturated heterocycles. The molecule has 0 radical (unpaired) electrons. The van der Waals surface area contributed by atoms with Gasteiger partial charge < -0.3 is 24.7 Å². The fourth-order valence-corrected chi connectivity index (χ4v) is 3.21. The highest BCUT2D eigenvalue weighted by atomic mass is 35.5. The van der Waals surface area contributed by atoms with E-state index in [1.807, 2.05) is 0 Å². The largest absolute Gasteiger partial charge is 0.522 e. The van der Waals surface area contributed by atoms with E-state index in [-0.39, 0.29) is 47.9 Å². The minimum atomic E-state index is -4.70. The molecule has 1 aromatic heterocycles. The molecule has 182 valence electrons.